The lowest BCUT2D eigenvalue weighted by Gasteiger charge is -2.25. The molecule has 2 atom stereocenters. The third-order valence-corrected chi connectivity index (χ3v) is 3.39. The first-order chi connectivity index (χ1) is 11.7. The van der Waals surface area contributed by atoms with Gasteiger partial charge in [-0.3, -0.25) is 0 Å². The van der Waals surface area contributed by atoms with Crippen LogP contribution in [-0.4, -0.2) is 34.9 Å². The second-order valence-corrected chi connectivity index (χ2v) is 6.93. The van der Waals surface area contributed by atoms with Gasteiger partial charge in [0.2, 0.25) is 0 Å². The number of hydrogen-bond donors (Lipinski definition) is 2. The number of unbranched alkanes of at least 4 members (excludes halogenated alkanes) is 1. The molecular weight excluding hydrogens is 322 g/mol. The van der Waals surface area contributed by atoms with Crippen molar-refractivity contribution in [2.45, 2.75) is 71.3 Å². The molecule has 1 aromatic rings. The van der Waals surface area contributed by atoms with E-state index in [0.29, 0.717) is 6.42 Å². The summed E-state index contributed by atoms with van der Waals surface area (Å²) in [5.41, 5.74) is 0.131. The van der Waals surface area contributed by atoms with Crippen molar-refractivity contribution in [1.29, 1.82) is 0 Å². The Morgan fingerprint density at radius 3 is 2.40 bits per heavy atom. The first-order valence-corrected chi connectivity index (χ1v) is 8.61. The van der Waals surface area contributed by atoms with Crippen molar-refractivity contribution in [2.75, 3.05) is 0 Å². The van der Waals surface area contributed by atoms with E-state index in [1.54, 1.807) is 20.8 Å². The van der Waals surface area contributed by atoms with Crippen LogP contribution in [0.15, 0.2) is 30.3 Å². The van der Waals surface area contributed by atoms with Crippen LogP contribution in [0.5, 0.6) is 0 Å². The zero-order valence-electron chi connectivity index (χ0n) is 15.5. The summed E-state index contributed by atoms with van der Waals surface area (Å²) in [4.78, 5) is 24.3. The van der Waals surface area contributed by atoms with Crippen LogP contribution in [0.4, 0.5) is 4.79 Å². The number of carbonyl (C=O) groups excluding carboxylic acids is 2. The lowest BCUT2D eigenvalue weighted by molar-refractivity contribution is -0.150. The second kappa shape index (κ2) is 10.0. The van der Waals surface area contributed by atoms with E-state index in [9.17, 15) is 14.7 Å². The average molecular weight is 351 g/mol. The van der Waals surface area contributed by atoms with Crippen molar-refractivity contribution in [3.63, 3.8) is 0 Å². The molecule has 1 amide bonds. The number of rotatable bonds is 8. The molecule has 6 nitrogen and oxygen atoms in total. The molecule has 140 valence electrons. The van der Waals surface area contributed by atoms with Crippen LogP contribution in [0.1, 0.15) is 52.5 Å². The van der Waals surface area contributed by atoms with Gasteiger partial charge in [-0.25, -0.2) is 9.59 Å². The van der Waals surface area contributed by atoms with E-state index in [0.717, 1.165) is 18.4 Å². The maximum absolute atomic E-state index is 12.4. The molecule has 0 saturated carbocycles. The summed E-state index contributed by atoms with van der Waals surface area (Å²) in [6.45, 7) is 7.23. The summed E-state index contributed by atoms with van der Waals surface area (Å²) in [6, 6.07) is 8.05. The number of alkyl carbamates (subject to hydrolysis) is 1. The molecule has 6 heteroatoms. The molecule has 2 N–H and O–H groups in total. The van der Waals surface area contributed by atoms with Crippen LogP contribution in [-0.2, 0) is 20.9 Å². The number of hydrogen-bond acceptors (Lipinski definition) is 5. The van der Waals surface area contributed by atoms with Gasteiger partial charge in [0.15, 0.2) is 6.04 Å². The largest absolute Gasteiger partial charge is 0.459 e. The molecule has 0 aliphatic rings. The topological polar surface area (TPSA) is 84.9 Å². The monoisotopic (exact) mass is 351 g/mol. The fraction of sp³-hybridized carbons (Fsp3) is 0.579. The minimum atomic E-state index is -1.16. The summed E-state index contributed by atoms with van der Waals surface area (Å²) < 4.78 is 10.4. The Morgan fingerprint density at radius 2 is 1.84 bits per heavy atom. The van der Waals surface area contributed by atoms with Crippen molar-refractivity contribution in [2.24, 2.45) is 0 Å². The van der Waals surface area contributed by atoms with Gasteiger partial charge in [-0.15, -0.1) is 0 Å². The van der Waals surface area contributed by atoms with E-state index in [1.807, 2.05) is 37.3 Å². The summed E-state index contributed by atoms with van der Waals surface area (Å²) in [5, 5.41) is 12.7. The standard InChI is InChI=1S/C19H29NO5/c1-5-6-12-15(21)16(20-18(23)25-19(2,3)4)17(22)24-13-14-10-8-7-9-11-14/h7-11,15-16,21H,5-6,12-13H2,1-4H3,(H,20,23)/t15-,16+/m0/s1. The molecule has 0 unspecified atom stereocenters. The Hall–Kier alpha value is -2.08. The van der Waals surface area contributed by atoms with E-state index in [2.05, 4.69) is 5.32 Å². The quantitative estimate of drug-likeness (QED) is 0.703. The first-order valence-electron chi connectivity index (χ1n) is 8.61. The van der Waals surface area contributed by atoms with Gasteiger partial charge in [0.1, 0.15) is 12.2 Å². The van der Waals surface area contributed by atoms with E-state index in [1.165, 1.54) is 0 Å². The van der Waals surface area contributed by atoms with Crippen molar-refractivity contribution < 1.29 is 24.2 Å². The summed E-state index contributed by atoms with van der Waals surface area (Å²) >= 11 is 0. The number of ether oxygens (including phenoxy) is 2. The molecule has 1 aromatic carbocycles. The zero-order valence-corrected chi connectivity index (χ0v) is 15.5. The van der Waals surface area contributed by atoms with Gasteiger partial charge in [-0.05, 0) is 32.8 Å². The highest BCUT2D eigenvalue weighted by atomic mass is 16.6. The smallest absolute Gasteiger partial charge is 0.408 e. The average Bonchev–Trinajstić information content (AvgIpc) is 2.54. The molecule has 0 aliphatic carbocycles. The molecule has 0 radical (unpaired) electrons. The van der Waals surface area contributed by atoms with Crippen molar-refractivity contribution >= 4 is 12.1 Å². The number of aliphatic hydroxyl groups is 1. The minimum absolute atomic E-state index is 0.0761. The number of esters is 1. The lowest BCUT2D eigenvalue weighted by atomic mass is 10.1. The van der Waals surface area contributed by atoms with Crippen LogP contribution < -0.4 is 5.32 Å². The molecule has 25 heavy (non-hydrogen) atoms. The van der Waals surface area contributed by atoms with E-state index >= 15 is 0 Å². The highest BCUT2D eigenvalue weighted by molar-refractivity contribution is 5.82. The molecular formula is C19H29NO5. The summed E-state index contributed by atoms with van der Waals surface area (Å²) in [5.74, 6) is -0.682. The minimum Gasteiger partial charge on any atom is -0.459 e. The molecule has 1 rings (SSSR count). The van der Waals surface area contributed by atoms with Crippen LogP contribution in [0.2, 0.25) is 0 Å². The second-order valence-electron chi connectivity index (χ2n) is 6.93. The normalized spacial score (nSPS) is 13.6. The number of carbonyl (C=O) groups is 2. The highest BCUT2D eigenvalue weighted by Crippen LogP contribution is 2.11. The number of benzene rings is 1. The predicted octanol–water partition coefficient (Wildman–Crippen LogP) is 3.17. The maximum Gasteiger partial charge on any atom is 0.408 e. The van der Waals surface area contributed by atoms with Crippen LogP contribution in [0.25, 0.3) is 0 Å². The number of nitrogens with one attached hydrogen (secondary N) is 1. The van der Waals surface area contributed by atoms with Crippen LogP contribution in [0.3, 0.4) is 0 Å². The molecule has 0 saturated heterocycles. The third kappa shape index (κ3) is 8.54. The van der Waals surface area contributed by atoms with E-state index in [4.69, 9.17) is 9.47 Å². The van der Waals surface area contributed by atoms with Crippen molar-refractivity contribution in [3.8, 4) is 0 Å². The van der Waals surface area contributed by atoms with Crippen molar-refractivity contribution in [1.82, 2.24) is 5.32 Å². The van der Waals surface area contributed by atoms with Gasteiger partial charge in [0, 0.05) is 0 Å². The Kier molecular flexibility index (Phi) is 8.41. The van der Waals surface area contributed by atoms with Gasteiger partial charge >= 0.3 is 12.1 Å². The SMILES string of the molecule is CCCC[C@H](O)[C@@H](NC(=O)OC(C)(C)C)C(=O)OCc1ccccc1. The van der Waals surface area contributed by atoms with E-state index < -0.39 is 29.8 Å². The lowest BCUT2D eigenvalue weighted by Crippen LogP contribution is -2.50. The first kappa shape index (κ1) is 21.0. The van der Waals surface area contributed by atoms with Crippen molar-refractivity contribution in [3.05, 3.63) is 35.9 Å². The highest BCUT2D eigenvalue weighted by Gasteiger charge is 2.31. The molecule has 0 heterocycles. The van der Waals surface area contributed by atoms with Gasteiger partial charge in [0.25, 0.3) is 0 Å². The predicted molar refractivity (Wildman–Crippen MR) is 94.9 cm³/mol. The molecule has 0 bridgehead atoms. The van der Waals surface area contributed by atoms with Gasteiger partial charge < -0.3 is 19.9 Å². The maximum atomic E-state index is 12.4. The van der Waals surface area contributed by atoms with Crippen LogP contribution in [0, 0.1) is 0 Å². The fourth-order valence-corrected chi connectivity index (χ4v) is 2.15. The van der Waals surface area contributed by atoms with Gasteiger partial charge in [-0.2, -0.15) is 0 Å². The summed E-state index contributed by atoms with van der Waals surface area (Å²) in [7, 11) is 0. The Balaban J connectivity index is 2.71. The Labute approximate surface area is 149 Å². The Bertz CT molecular complexity index is 538. The molecule has 0 aliphatic heterocycles. The van der Waals surface area contributed by atoms with Gasteiger partial charge in [0.05, 0.1) is 6.10 Å². The number of aliphatic hydroxyl groups excluding tert-OH is 1. The Morgan fingerprint density at radius 1 is 1.20 bits per heavy atom. The summed E-state index contributed by atoms with van der Waals surface area (Å²) in [6.07, 6.45) is 0.201. The van der Waals surface area contributed by atoms with Gasteiger partial charge in [-0.1, -0.05) is 50.1 Å². The van der Waals surface area contributed by atoms with Crippen LogP contribution >= 0.6 is 0 Å². The number of amides is 1. The third-order valence-electron chi connectivity index (χ3n) is 3.39. The molecule has 0 spiro atoms. The fourth-order valence-electron chi connectivity index (χ4n) is 2.15. The zero-order chi connectivity index (χ0) is 18.9. The van der Waals surface area contributed by atoms with E-state index in [-0.39, 0.29) is 6.61 Å². The molecule has 0 fully saturated rings. The molecule has 0 aromatic heterocycles.